The molecule has 1 amide bonds. The maximum absolute atomic E-state index is 11.5. The summed E-state index contributed by atoms with van der Waals surface area (Å²) in [5.74, 6) is -0.184. The van der Waals surface area contributed by atoms with E-state index in [9.17, 15) is 4.79 Å². The highest BCUT2D eigenvalue weighted by Crippen LogP contribution is 2.31. The third-order valence-electron chi connectivity index (χ3n) is 2.35. The van der Waals surface area contributed by atoms with Crippen molar-refractivity contribution in [1.29, 1.82) is 0 Å². The molecule has 0 radical (unpaired) electrons. The summed E-state index contributed by atoms with van der Waals surface area (Å²) in [5.41, 5.74) is 0. The fourth-order valence-corrected chi connectivity index (χ4v) is 2.49. The van der Waals surface area contributed by atoms with Gasteiger partial charge < -0.3 is 15.2 Å². The van der Waals surface area contributed by atoms with E-state index < -0.39 is 0 Å². The molecule has 1 fully saturated rings. The van der Waals surface area contributed by atoms with Gasteiger partial charge >= 0.3 is 0 Å². The van der Waals surface area contributed by atoms with Gasteiger partial charge in [0.15, 0.2) is 0 Å². The van der Waals surface area contributed by atoms with Gasteiger partial charge in [0.2, 0.25) is 0 Å². The number of ether oxygens (including phenoxy) is 1. The lowest BCUT2D eigenvalue weighted by Crippen LogP contribution is -2.25. The molecule has 2 N–H and O–H groups in total. The van der Waals surface area contributed by atoms with Crippen LogP contribution in [0.15, 0.2) is 6.20 Å². The Kier molecular flexibility index (Phi) is 3.87. The van der Waals surface area contributed by atoms with Crippen molar-refractivity contribution in [3.05, 3.63) is 16.1 Å². The van der Waals surface area contributed by atoms with E-state index in [-0.39, 0.29) is 25.2 Å². The van der Waals surface area contributed by atoms with E-state index in [2.05, 4.69) is 10.3 Å². The molecule has 88 valence electrons. The first-order valence-electron chi connectivity index (χ1n) is 5.27. The third kappa shape index (κ3) is 2.58. The number of aromatic nitrogens is 1. The number of aliphatic hydroxyl groups is 1. The summed E-state index contributed by atoms with van der Waals surface area (Å²) >= 11 is 1.36. The topological polar surface area (TPSA) is 71.5 Å². The van der Waals surface area contributed by atoms with Crippen LogP contribution in [0.4, 0.5) is 0 Å². The van der Waals surface area contributed by atoms with Crippen molar-refractivity contribution in [2.75, 3.05) is 19.8 Å². The van der Waals surface area contributed by atoms with Crippen molar-refractivity contribution in [2.45, 2.75) is 18.9 Å². The molecule has 6 heteroatoms. The summed E-state index contributed by atoms with van der Waals surface area (Å²) in [6, 6.07) is 0. The first-order valence-corrected chi connectivity index (χ1v) is 6.09. The van der Waals surface area contributed by atoms with Gasteiger partial charge in [-0.15, -0.1) is 11.3 Å². The van der Waals surface area contributed by atoms with Crippen LogP contribution in [0.5, 0.6) is 0 Å². The van der Waals surface area contributed by atoms with Crippen LogP contribution in [-0.4, -0.2) is 35.8 Å². The highest BCUT2D eigenvalue weighted by molar-refractivity contribution is 7.13. The van der Waals surface area contributed by atoms with Crippen molar-refractivity contribution in [3.8, 4) is 0 Å². The second-order valence-corrected chi connectivity index (χ2v) is 4.61. The Morgan fingerprint density at radius 3 is 3.31 bits per heavy atom. The van der Waals surface area contributed by atoms with E-state index in [4.69, 9.17) is 9.84 Å². The molecule has 2 rings (SSSR count). The molecule has 2 heterocycles. The number of amides is 1. The van der Waals surface area contributed by atoms with Crippen LogP contribution in [0.3, 0.4) is 0 Å². The number of rotatable bonds is 4. The van der Waals surface area contributed by atoms with Crippen molar-refractivity contribution < 1.29 is 14.6 Å². The van der Waals surface area contributed by atoms with E-state index >= 15 is 0 Å². The molecule has 5 nitrogen and oxygen atoms in total. The standard InChI is InChI=1S/C10H14N2O3S/c13-4-3-11-9(14)8-6-12-10(16-8)7-2-1-5-15-7/h6-7,13H,1-5H2,(H,11,14). The monoisotopic (exact) mass is 242 g/mol. The summed E-state index contributed by atoms with van der Waals surface area (Å²) in [6.07, 6.45) is 3.65. The third-order valence-corrected chi connectivity index (χ3v) is 3.44. The number of nitrogens with zero attached hydrogens (tertiary/aromatic N) is 1. The highest BCUT2D eigenvalue weighted by Gasteiger charge is 2.22. The number of carbonyl (C=O) groups excluding carboxylic acids is 1. The van der Waals surface area contributed by atoms with Crippen LogP contribution in [0.1, 0.15) is 33.6 Å². The molecule has 1 aliphatic heterocycles. The Bertz CT molecular complexity index is 361. The van der Waals surface area contributed by atoms with Crippen molar-refractivity contribution >= 4 is 17.2 Å². The van der Waals surface area contributed by atoms with Gasteiger partial charge in [-0.05, 0) is 12.8 Å². The number of hydrogen-bond donors (Lipinski definition) is 2. The summed E-state index contributed by atoms with van der Waals surface area (Å²) in [7, 11) is 0. The maximum Gasteiger partial charge on any atom is 0.263 e. The maximum atomic E-state index is 11.5. The molecule has 1 atom stereocenters. The van der Waals surface area contributed by atoms with Gasteiger partial charge in [-0.1, -0.05) is 0 Å². The van der Waals surface area contributed by atoms with Gasteiger partial charge in [-0.2, -0.15) is 0 Å². The van der Waals surface area contributed by atoms with Gasteiger partial charge in [0, 0.05) is 13.2 Å². The molecule has 1 unspecified atom stereocenters. The lowest BCUT2D eigenvalue weighted by atomic mass is 10.2. The Morgan fingerprint density at radius 1 is 1.75 bits per heavy atom. The number of nitrogens with one attached hydrogen (secondary N) is 1. The largest absolute Gasteiger partial charge is 0.395 e. The minimum atomic E-state index is -0.184. The lowest BCUT2D eigenvalue weighted by Gasteiger charge is -2.03. The smallest absolute Gasteiger partial charge is 0.263 e. The molecule has 1 aromatic heterocycles. The Morgan fingerprint density at radius 2 is 2.62 bits per heavy atom. The molecule has 1 aromatic rings. The van der Waals surface area contributed by atoms with E-state index in [0.717, 1.165) is 24.5 Å². The Labute approximate surface area is 97.5 Å². The quantitative estimate of drug-likeness (QED) is 0.816. The van der Waals surface area contributed by atoms with Crippen molar-refractivity contribution in [3.63, 3.8) is 0 Å². The number of carbonyl (C=O) groups is 1. The van der Waals surface area contributed by atoms with Crippen molar-refractivity contribution in [1.82, 2.24) is 10.3 Å². The van der Waals surface area contributed by atoms with Crippen LogP contribution in [0.2, 0.25) is 0 Å². The summed E-state index contributed by atoms with van der Waals surface area (Å²) in [6.45, 7) is 0.991. The SMILES string of the molecule is O=C(NCCO)c1cnc(C2CCCO2)s1. The van der Waals surface area contributed by atoms with Crippen LogP contribution in [0, 0.1) is 0 Å². The molecule has 1 aliphatic rings. The molecular formula is C10H14N2O3S. The zero-order chi connectivity index (χ0) is 11.4. The number of aliphatic hydroxyl groups excluding tert-OH is 1. The zero-order valence-corrected chi connectivity index (χ0v) is 9.63. The zero-order valence-electron chi connectivity index (χ0n) is 8.81. The molecule has 0 aromatic carbocycles. The molecule has 0 bridgehead atoms. The average Bonchev–Trinajstić information content (AvgIpc) is 2.94. The Balaban J connectivity index is 1.98. The minimum absolute atomic E-state index is 0.0524. The molecular weight excluding hydrogens is 228 g/mol. The van der Waals surface area contributed by atoms with Crippen LogP contribution in [-0.2, 0) is 4.74 Å². The van der Waals surface area contributed by atoms with E-state index in [1.54, 1.807) is 6.20 Å². The molecule has 0 spiro atoms. The number of hydrogen-bond acceptors (Lipinski definition) is 5. The fraction of sp³-hybridized carbons (Fsp3) is 0.600. The van der Waals surface area contributed by atoms with Gasteiger partial charge in [0.1, 0.15) is 16.0 Å². The molecule has 0 saturated carbocycles. The van der Waals surface area contributed by atoms with Gasteiger partial charge in [-0.3, -0.25) is 4.79 Å². The van der Waals surface area contributed by atoms with Gasteiger partial charge in [-0.25, -0.2) is 4.98 Å². The van der Waals surface area contributed by atoms with Crippen LogP contribution >= 0.6 is 11.3 Å². The fourth-order valence-electron chi connectivity index (χ4n) is 1.57. The first kappa shape index (κ1) is 11.5. The van der Waals surface area contributed by atoms with E-state index in [0.29, 0.717) is 4.88 Å². The molecule has 0 aliphatic carbocycles. The van der Waals surface area contributed by atoms with Crippen molar-refractivity contribution in [2.24, 2.45) is 0 Å². The summed E-state index contributed by atoms with van der Waals surface area (Å²) in [5, 5.41) is 12.1. The predicted octanol–water partition coefficient (Wildman–Crippen LogP) is 0.717. The lowest BCUT2D eigenvalue weighted by molar-refractivity contribution is 0.0948. The van der Waals surface area contributed by atoms with Gasteiger partial charge in [0.05, 0.1) is 12.8 Å². The predicted molar refractivity (Wildman–Crippen MR) is 59.5 cm³/mol. The van der Waals surface area contributed by atoms with Crippen LogP contribution in [0.25, 0.3) is 0 Å². The second kappa shape index (κ2) is 5.38. The Hall–Kier alpha value is -0.980. The number of thiazole rings is 1. The van der Waals surface area contributed by atoms with E-state index in [1.165, 1.54) is 11.3 Å². The second-order valence-electron chi connectivity index (χ2n) is 3.54. The summed E-state index contributed by atoms with van der Waals surface area (Å²) < 4.78 is 5.49. The minimum Gasteiger partial charge on any atom is -0.395 e. The molecule has 16 heavy (non-hydrogen) atoms. The highest BCUT2D eigenvalue weighted by atomic mass is 32.1. The van der Waals surface area contributed by atoms with Crippen LogP contribution < -0.4 is 5.32 Å². The average molecular weight is 242 g/mol. The first-order chi connectivity index (χ1) is 7.81. The summed E-state index contributed by atoms with van der Waals surface area (Å²) in [4.78, 5) is 16.3. The normalized spacial score (nSPS) is 19.9. The molecule has 1 saturated heterocycles. The van der Waals surface area contributed by atoms with Gasteiger partial charge in [0.25, 0.3) is 5.91 Å². The van der Waals surface area contributed by atoms with E-state index in [1.807, 2.05) is 0 Å².